The quantitative estimate of drug-likeness (QED) is 0.0412. The van der Waals surface area contributed by atoms with Crippen LogP contribution in [0.5, 0.6) is 0 Å². The Bertz CT molecular complexity index is 2410. The minimum absolute atomic E-state index is 0.302. The maximum Gasteiger partial charge on any atom is 0.303 e. The number of carbonyl (C=O) groups excluding carboxylic acids is 5. The second kappa shape index (κ2) is 33.0. The average Bonchev–Trinajstić information content (AvgIpc) is 1.97. The molecule has 2 aliphatic heterocycles. The van der Waals surface area contributed by atoms with Crippen molar-refractivity contribution in [1.29, 1.82) is 0 Å². The van der Waals surface area contributed by atoms with E-state index in [4.69, 9.17) is 63.2 Å². The van der Waals surface area contributed by atoms with Crippen LogP contribution in [0.3, 0.4) is 0 Å². The third kappa shape index (κ3) is 26.2. The van der Waals surface area contributed by atoms with Crippen LogP contribution in [-0.2, 0) is 66.6 Å². The Morgan fingerprint density at radius 1 is 0.420 bits per heavy atom. The van der Waals surface area contributed by atoms with Gasteiger partial charge in [0.2, 0.25) is 0 Å². The molecule has 0 aromatic rings. The molecule has 2 heterocycles. The molecule has 0 N–H and O–H groups in total. The Hall–Kier alpha value is -4.63. The number of rotatable bonds is 28. The number of ether oxygens (including phenoxy) is 9. The second-order valence-corrected chi connectivity index (χ2v) is 17.7. The highest BCUT2D eigenvalue weighted by Gasteiger charge is 2.52. The van der Waals surface area contributed by atoms with E-state index < -0.39 is 127 Å². The smallest absolute Gasteiger partial charge is 0.303 e. The van der Waals surface area contributed by atoms with Crippen LogP contribution in [0, 0.1) is 0 Å². The molecule has 388 valence electrons. The molecule has 69 heavy (non-hydrogen) atoms. The number of hydrogen-bond donors (Lipinski definition) is 0. The van der Waals surface area contributed by atoms with E-state index in [1.807, 2.05) is 6.92 Å². The molecule has 0 amide bonds. The van der Waals surface area contributed by atoms with Gasteiger partial charge in [-0.05, 0) is 132 Å². The number of carbonyl (C=O) groups is 5. The van der Waals surface area contributed by atoms with Crippen molar-refractivity contribution >= 4 is 29.8 Å². The van der Waals surface area contributed by atoms with Gasteiger partial charge in [0, 0.05) is 54.8 Å². The number of hydrogen-bond acceptors (Lipinski definition) is 14. The summed E-state index contributed by atoms with van der Waals surface area (Å²) < 4.78 is 162. The minimum atomic E-state index is -3.62. The Balaban J connectivity index is 2.23. The largest absolute Gasteiger partial charge is 0.456 e. The molecule has 2 aliphatic rings. The number of esters is 5. The van der Waals surface area contributed by atoms with Crippen LogP contribution in [0.4, 0.5) is 0 Å². The normalized spacial score (nSPS) is 28.1. The zero-order valence-corrected chi connectivity index (χ0v) is 41.5. The zero-order chi connectivity index (χ0) is 64.0. The van der Waals surface area contributed by atoms with Crippen LogP contribution < -0.4 is 0 Å². The third-order valence-electron chi connectivity index (χ3n) is 11.2. The fourth-order valence-electron chi connectivity index (χ4n) is 7.52. The van der Waals surface area contributed by atoms with Crippen molar-refractivity contribution in [2.45, 2.75) is 216 Å². The minimum Gasteiger partial charge on any atom is -0.456 e. The van der Waals surface area contributed by atoms with E-state index in [1.54, 1.807) is 13.0 Å². The molecule has 0 bridgehead atoms. The second-order valence-electron chi connectivity index (χ2n) is 17.7. The van der Waals surface area contributed by atoms with Crippen molar-refractivity contribution in [2.24, 2.45) is 0 Å². The molecule has 2 saturated heterocycles. The van der Waals surface area contributed by atoms with Gasteiger partial charge in [-0.1, -0.05) is 81.5 Å². The lowest BCUT2D eigenvalue weighted by Gasteiger charge is -2.44. The summed E-state index contributed by atoms with van der Waals surface area (Å²) in [6, 6.07) is 0. The van der Waals surface area contributed by atoms with E-state index in [9.17, 15) is 24.0 Å². The first-order chi connectivity index (χ1) is 38.7. The summed E-state index contributed by atoms with van der Waals surface area (Å²) >= 11 is 0. The Morgan fingerprint density at radius 3 is 1.14 bits per heavy atom. The molecular weight excluding hydrogens is 885 g/mol. The molecule has 0 unspecified atom stereocenters. The predicted octanol–water partition coefficient (Wildman–Crippen LogP) is 11.1. The average molecular weight is 984 g/mol. The molecule has 0 aliphatic carbocycles. The molecule has 0 radical (unpaired) electrons. The monoisotopic (exact) mass is 984 g/mol. The topological polar surface area (TPSA) is 168 Å². The standard InChI is InChI=1S/C55H84O14/c1-36(2)20-14-21-37(3)22-15-23-38(4)24-16-25-39(5)26-17-27-40(6)28-18-29-41(7)30-19-31-42(8)32-33-61-54-52(67-46(12)59)51(66-45(11)58)49(35-62-54)69-55-53(68-47(13)60)50(65-44(10)57)48(34-63-55)64-43(9)56/h20,22,24,26,28,30,32,48-55H,14-19,21,23,25,27,29,31,33-35H2,1-13H3/b37-22+,38-24+,39-26+,40-28+,41-30+,42-32+/t48-,49-,50+,51+,52-,53-,54-,55+/m1/s1/i9D3,10D3,11D3,12D3,13D3. The van der Waals surface area contributed by atoms with Gasteiger partial charge in [-0.3, -0.25) is 24.0 Å². The molecule has 0 saturated carbocycles. The van der Waals surface area contributed by atoms with Crippen molar-refractivity contribution in [3.05, 3.63) is 81.5 Å². The lowest BCUT2D eigenvalue weighted by molar-refractivity contribution is -0.331. The van der Waals surface area contributed by atoms with Gasteiger partial charge in [0.1, 0.15) is 6.10 Å². The van der Waals surface area contributed by atoms with E-state index in [0.29, 0.717) is 12.8 Å². The first kappa shape index (κ1) is 40.0. The Morgan fingerprint density at radius 2 is 0.739 bits per heavy atom. The molecule has 14 nitrogen and oxygen atoms in total. The highest BCUT2D eigenvalue weighted by atomic mass is 16.8. The van der Waals surface area contributed by atoms with Crippen LogP contribution in [0.15, 0.2) is 81.5 Å². The molecule has 0 aromatic heterocycles. The van der Waals surface area contributed by atoms with Crippen LogP contribution in [-0.4, -0.2) is 98.9 Å². The zero-order valence-electron chi connectivity index (χ0n) is 56.5. The summed E-state index contributed by atoms with van der Waals surface area (Å²) in [7, 11) is 0. The van der Waals surface area contributed by atoms with Crippen molar-refractivity contribution < 1.29 is 87.2 Å². The summed E-state index contributed by atoms with van der Waals surface area (Å²) in [6.45, 7) is -3.11. The van der Waals surface area contributed by atoms with Crippen LogP contribution in [0.1, 0.15) is 187 Å². The van der Waals surface area contributed by atoms with Gasteiger partial charge < -0.3 is 42.6 Å². The van der Waals surface area contributed by atoms with E-state index in [-0.39, 0.29) is 6.61 Å². The van der Waals surface area contributed by atoms with E-state index in [0.717, 1.165) is 69.8 Å². The summed E-state index contributed by atoms with van der Waals surface area (Å²) in [5.74, 6) is -9.98. The summed E-state index contributed by atoms with van der Waals surface area (Å²) in [4.78, 5) is 64.2. The van der Waals surface area contributed by atoms with Crippen molar-refractivity contribution in [2.75, 3.05) is 19.8 Å². The van der Waals surface area contributed by atoms with Gasteiger partial charge in [-0.15, -0.1) is 0 Å². The number of allylic oxidation sites excluding steroid dienone is 13. The van der Waals surface area contributed by atoms with E-state index >= 15 is 0 Å². The molecule has 0 spiro atoms. The third-order valence-corrected chi connectivity index (χ3v) is 11.2. The molecule has 2 fully saturated rings. The first-order valence-electron chi connectivity index (χ1n) is 30.8. The van der Waals surface area contributed by atoms with Gasteiger partial charge in [0.05, 0.1) is 19.8 Å². The first-order valence-corrected chi connectivity index (χ1v) is 23.3. The van der Waals surface area contributed by atoms with Crippen LogP contribution in [0.25, 0.3) is 0 Å². The van der Waals surface area contributed by atoms with Gasteiger partial charge >= 0.3 is 29.8 Å². The molecular formula is C55H84O14. The maximum atomic E-state index is 13.1. The SMILES string of the molecule is [2H]C([2H])([2H])C(=O)O[C@@H]1[C@@H](OC(=O)C([2H])([2H])[2H])[C@H](O[C@@H]2CO[C@@H](OC/C=C(\C)CC/C=C(\C)CC/C=C(\C)CC/C=C(\C)CC/C=C(\C)CC/C=C(\C)CCC=C(C)C)[C@H](OC(=O)C([2H])([2H])[2H])[C@H]2OC(=O)C([2H])([2H])[2H])OC[C@H]1OC(=O)C([2H])([2H])[2H]. The van der Waals surface area contributed by atoms with Gasteiger partial charge in [0.15, 0.2) is 43.1 Å². The Kier molecular flexibility index (Phi) is 19.2. The lowest BCUT2D eigenvalue weighted by Crippen LogP contribution is -2.62. The van der Waals surface area contributed by atoms with E-state index in [2.05, 4.69) is 78.0 Å². The fourth-order valence-corrected chi connectivity index (χ4v) is 7.52. The van der Waals surface area contributed by atoms with Crippen LogP contribution in [0.2, 0.25) is 0 Å². The Labute approximate surface area is 434 Å². The van der Waals surface area contributed by atoms with E-state index in [1.165, 1.54) is 33.4 Å². The fraction of sp³-hybridized carbons (Fsp3) is 0.655. The summed E-state index contributed by atoms with van der Waals surface area (Å²) in [5, 5.41) is 0. The van der Waals surface area contributed by atoms with Gasteiger partial charge in [-0.2, -0.15) is 0 Å². The summed E-state index contributed by atoms with van der Waals surface area (Å²) in [6.07, 6.45) is 8.94. The highest BCUT2D eigenvalue weighted by Crippen LogP contribution is 2.31. The van der Waals surface area contributed by atoms with Gasteiger partial charge in [0.25, 0.3) is 0 Å². The predicted molar refractivity (Wildman–Crippen MR) is 265 cm³/mol. The maximum absolute atomic E-state index is 13.1. The highest BCUT2D eigenvalue weighted by molar-refractivity contribution is 5.69. The molecule has 2 rings (SSSR count). The van der Waals surface area contributed by atoms with Crippen LogP contribution >= 0.6 is 0 Å². The van der Waals surface area contributed by atoms with Crippen molar-refractivity contribution in [3.63, 3.8) is 0 Å². The molecule has 0 aromatic carbocycles. The summed E-state index contributed by atoms with van der Waals surface area (Å²) in [5.41, 5.74) is 8.93. The lowest BCUT2D eigenvalue weighted by atomic mass is 10.0. The molecule has 14 heteroatoms. The van der Waals surface area contributed by atoms with Crippen molar-refractivity contribution in [3.8, 4) is 0 Å². The van der Waals surface area contributed by atoms with Gasteiger partial charge in [-0.25, -0.2) is 0 Å². The van der Waals surface area contributed by atoms with Crippen molar-refractivity contribution in [1.82, 2.24) is 0 Å². The molecule has 8 atom stereocenters.